The summed E-state index contributed by atoms with van der Waals surface area (Å²) in [5.41, 5.74) is 4.31. The minimum Gasteiger partial charge on any atom is -0.481 e. The van der Waals surface area contributed by atoms with Gasteiger partial charge >= 0.3 is 18.2 Å². The largest absolute Gasteiger partial charge is 0.481 e. The van der Waals surface area contributed by atoms with Crippen molar-refractivity contribution in [2.24, 2.45) is 23.7 Å². The number of hydrogen-bond acceptors (Lipinski definition) is 9. The van der Waals surface area contributed by atoms with E-state index in [1.54, 1.807) is 25.7 Å². The third-order valence-electron chi connectivity index (χ3n) is 16.8. The lowest BCUT2D eigenvalue weighted by Gasteiger charge is -2.38. The lowest BCUT2D eigenvalue weighted by molar-refractivity contribution is -0.143. The molecule has 4 N–H and O–H groups in total. The molecule has 4 aromatic carbocycles. The average molecular weight is 1200 g/mol. The molecule has 4 aliphatic rings. The molecule has 87 heavy (non-hydrogen) atoms. The molecule has 4 fully saturated rings. The molecule has 0 bridgehead atoms. The molecule has 4 saturated heterocycles. The highest BCUT2D eigenvalue weighted by atomic mass is 16.6. The number of carbonyl (C=O) groups excluding carboxylic acids is 5. The van der Waals surface area contributed by atoms with Crippen LogP contribution in [-0.2, 0) is 54.3 Å². The van der Waals surface area contributed by atoms with E-state index < -0.39 is 29.2 Å². The van der Waals surface area contributed by atoms with Gasteiger partial charge in [-0.25, -0.2) is 9.59 Å². The zero-order valence-electron chi connectivity index (χ0n) is 53.4. The number of rotatable bonds is 22. The lowest BCUT2D eigenvalue weighted by Crippen LogP contribution is -2.52. The summed E-state index contributed by atoms with van der Waals surface area (Å²) in [5, 5.41) is 19.0. The Labute approximate surface area is 520 Å². The van der Waals surface area contributed by atoms with E-state index in [-0.39, 0.29) is 60.2 Å². The number of amides is 5. The van der Waals surface area contributed by atoms with E-state index in [2.05, 4.69) is 125 Å². The number of aryl methyl sites for hydroxylation is 4. The minimum atomic E-state index is -0.840. The zero-order valence-corrected chi connectivity index (χ0v) is 53.4. The molecule has 15 nitrogen and oxygen atoms in total. The van der Waals surface area contributed by atoms with Crippen LogP contribution >= 0.6 is 0 Å². The van der Waals surface area contributed by atoms with E-state index in [1.807, 2.05) is 37.8 Å². The fraction of sp³-hybridized carbons (Fsp3) is 0.583. The van der Waals surface area contributed by atoms with Crippen LogP contribution < -0.4 is 16.0 Å². The molecule has 4 heterocycles. The third-order valence-corrected chi connectivity index (χ3v) is 16.8. The third kappa shape index (κ3) is 26.6. The summed E-state index contributed by atoms with van der Waals surface area (Å²) >= 11 is 0. The van der Waals surface area contributed by atoms with Crippen LogP contribution in [0.5, 0.6) is 0 Å². The molecule has 8 rings (SSSR count). The van der Waals surface area contributed by atoms with Crippen molar-refractivity contribution in [3.8, 4) is 0 Å². The Kier molecular flexibility index (Phi) is 29.1. The Morgan fingerprint density at radius 1 is 0.471 bits per heavy atom. The Bertz CT molecular complexity index is 2570. The summed E-state index contributed by atoms with van der Waals surface area (Å²) in [6.07, 6.45) is 18.3. The van der Waals surface area contributed by atoms with E-state index in [4.69, 9.17) is 14.6 Å². The molecule has 0 aliphatic carbocycles. The molecular weight excluding hydrogens is 1090 g/mol. The predicted molar refractivity (Wildman–Crippen MR) is 345 cm³/mol. The van der Waals surface area contributed by atoms with Crippen LogP contribution in [0.1, 0.15) is 167 Å². The Morgan fingerprint density at radius 2 is 0.805 bits per heavy atom. The normalized spacial score (nSPS) is 18.9. The van der Waals surface area contributed by atoms with Crippen molar-refractivity contribution in [3.05, 3.63) is 144 Å². The van der Waals surface area contributed by atoms with Crippen LogP contribution in [0.15, 0.2) is 121 Å². The number of ether oxygens (including phenoxy) is 2. The molecule has 0 saturated carbocycles. The van der Waals surface area contributed by atoms with Gasteiger partial charge in [-0.05, 0) is 199 Å². The summed E-state index contributed by atoms with van der Waals surface area (Å²) in [4.78, 5) is 80.0. The number of nitrogens with one attached hydrogen (secondary N) is 3. The number of benzene rings is 4. The second-order valence-electron chi connectivity index (χ2n) is 26.5. The monoisotopic (exact) mass is 1200 g/mol. The summed E-state index contributed by atoms with van der Waals surface area (Å²) in [5.74, 6) is -1.22. The predicted octanol–water partition coefficient (Wildman–Crippen LogP) is 12.6. The number of carbonyl (C=O) groups is 6. The number of aliphatic carboxylic acids is 1. The molecule has 0 aromatic heterocycles. The van der Waals surface area contributed by atoms with E-state index in [1.165, 1.54) is 27.2 Å². The van der Waals surface area contributed by atoms with Gasteiger partial charge in [0.15, 0.2) is 0 Å². The first-order valence-corrected chi connectivity index (χ1v) is 32.7. The molecule has 0 spiro atoms. The summed E-state index contributed by atoms with van der Waals surface area (Å²) in [6.45, 7) is 15.8. The minimum absolute atomic E-state index is 0.0630. The smallest absolute Gasteiger partial charge is 0.410 e. The standard InChI is InChI=1S/C36H51N3O4.C25H34N2O.C11H19NO4/c1-36(2,3)43-35(42)39-25-13-21-31(27-39)34(41)38-24-12-20-30(26-38)33(40)37-32(22-10-18-28-14-6-4-7-15-28)23-11-19-29-16-8-5-9-17-29;28-25(23-16-9-19-26-20-23)27-24(17-7-14-21-10-3-1-4-11-21)18-8-15-22-12-5-2-6-13-22;1-11(2,3)16-10(15)12-6-4-5-8(7-12)9(13)14/h4-9,14-17,30-32H,10-13,18-27H2,1-3H3,(H,37,40);1-6,10-13,23-24,26H,7-9,14-20H2,(H,27,28);8H,4-7H2,1-3H3,(H,13,14). The van der Waals surface area contributed by atoms with Gasteiger partial charge in [-0.2, -0.15) is 0 Å². The van der Waals surface area contributed by atoms with Crippen molar-refractivity contribution in [3.63, 3.8) is 0 Å². The maximum absolute atomic E-state index is 13.6. The molecule has 476 valence electrons. The van der Waals surface area contributed by atoms with Crippen molar-refractivity contribution < 1.29 is 43.3 Å². The summed E-state index contributed by atoms with van der Waals surface area (Å²) < 4.78 is 10.8. The van der Waals surface area contributed by atoms with Gasteiger partial charge < -0.3 is 45.2 Å². The molecule has 4 atom stereocenters. The van der Waals surface area contributed by atoms with Gasteiger partial charge in [-0.1, -0.05) is 121 Å². The van der Waals surface area contributed by atoms with Crippen molar-refractivity contribution in [2.45, 2.75) is 193 Å². The van der Waals surface area contributed by atoms with E-state index in [9.17, 15) is 28.8 Å². The number of likely N-dealkylation sites (tertiary alicyclic amines) is 3. The highest BCUT2D eigenvalue weighted by Gasteiger charge is 2.37. The molecule has 15 heteroatoms. The molecule has 4 aromatic rings. The summed E-state index contributed by atoms with van der Waals surface area (Å²) in [7, 11) is 0. The van der Waals surface area contributed by atoms with Crippen LogP contribution in [0.3, 0.4) is 0 Å². The van der Waals surface area contributed by atoms with Gasteiger partial charge in [0.1, 0.15) is 11.2 Å². The van der Waals surface area contributed by atoms with Crippen LogP contribution in [0.25, 0.3) is 0 Å². The Hall–Kier alpha value is -6.74. The second-order valence-corrected chi connectivity index (χ2v) is 26.5. The topological polar surface area (TPSA) is 187 Å². The van der Waals surface area contributed by atoms with Gasteiger partial charge in [0.2, 0.25) is 17.7 Å². The van der Waals surface area contributed by atoms with Gasteiger partial charge in [-0.15, -0.1) is 0 Å². The van der Waals surface area contributed by atoms with E-state index >= 15 is 0 Å². The maximum Gasteiger partial charge on any atom is 0.410 e. The quantitative estimate of drug-likeness (QED) is 0.0590. The van der Waals surface area contributed by atoms with Gasteiger partial charge in [0, 0.05) is 57.9 Å². The average Bonchev–Trinajstić information content (AvgIpc) is 3.53. The number of piperidine rings is 4. The second kappa shape index (κ2) is 36.5. The number of carboxylic acid groups (broad SMARTS) is 1. The molecule has 4 aliphatic heterocycles. The SMILES string of the molecule is CC(C)(C)OC(=O)N1CCCC(C(=O)N2CCCC(C(=O)NC(CCCc3ccccc3)CCCc3ccccc3)C2)C1.CC(C)(C)OC(=O)N1CCCC(C(=O)O)C1.O=C(NC(CCCc1ccccc1)CCCc1ccccc1)C1CCCNC1. The summed E-state index contributed by atoms with van der Waals surface area (Å²) in [6, 6.07) is 42.7. The van der Waals surface area contributed by atoms with Crippen LogP contribution in [0.4, 0.5) is 9.59 Å². The van der Waals surface area contributed by atoms with Crippen molar-refractivity contribution in [1.29, 1.82) is 0 Å². The molecule has 5 amide bonds. The molecule has 0 radical (unpaired) electrons. The maximum atomic E-state index is 13.6. The first-order chi connectivity index (χ1) is 41.8. The van der Waals surface area contributed by atoms with Crippen LogP contribution in [-0.4, -0.2) is 131 Å². The fourth-order valence-electron chi connectivity index (χ4n) is 12.1. The van der Waals surface area contributed by atoms with E-state index in [0.29, 0.717) is 39.1 Å². The Morgan fingerprint density at radius 3 is 1.17 bits per heavy atom. The van der Waals surface area contributed by atoms with Gasteiger partial charge in [0.05, 0.1) is 23.7 Å². The van der Waals surface area contributed by atoms with E-state index in [0.717, 1.165) is 135 Å². The Balaban J connectivity index is 0.000000234. The highest BCUT2D eigenvalue weighted by Crippen LogP contribution is 2.26. The first-order valence-electron chi connectivity index (χ1n) is 32.7. The van der Waals surface area contributed by atoms with Gasteiger partial charge in [-0.3, -0.25) is 19.2 Å². The van der Waals surface area contributed by atoms with Gasteiger partial charge in [0.25, 0.3) is 0 Å². The molecular formula is C72H104N6O9. The fourth-order valence-corrected chi connectivity index (χ4v) is 12.1. The number of hydrogen-bond donors (Lipinski definition) is 4. The first kappa shape index (κ1) is 69.4. The molecule has 4 unspecified atom stereocenters. The zero-order chi connectivity index (χ0) is 62.4. The van der Waals surface area contributed by atoms with Crippen LogP contribution in [0, 0.1) is 23.7 Å². The van der Waals surface area contributed by atoms with Crippen molar-refractivity contribution in [2.75, 3.05) is 52.4 Å². The van der Waals surface area contributed by atoms with Crippen LogP contribution in [0.2, 0.25) is 0 Å². The highest BCUT2D eigenvalue weighted by molar-refractivity contribution is 5.83. The van der Waals surface area contributed by atoms with Crippen molar-refractivity contribution >= 4 is 35.9 Å². The number of nitrogens with zero attached hydrogens (tertiary/aromatic N) is 3. The number of carboxylic acids is 1. The lowest BCUT2D eigenvalue weighted by atomic mass is 9.92. The van der Waals surface area contributed by atoms with Crippen molar-refractivity contribution in [1.82, 2.24) is 30.7 Å².